The van der Waals surface area contributed by atoms with Gasteiger partial charge in [-0.1, -0.05) is 12.1 Å². The van der Waals surface area contributed by atoms with Crippen molar-refractivity contribution in [3.63, 3.8) is 0 Å². The fourth-order valence-corrected chi connectivity index (χ4v) is 3.06. The number of hydrogen-bond acceptors (Lipinski definition) is 2. The van der Waals surface area contributed by atoms with Crippen molar-refractivity contribution in [1.29, 1.82) is 0 Å². The summed E-state index contributed by atoms with van der Waals surface area (Å²) in [5.74, 6) is 0.729. The second kappa shape index (κ2) is 7.25. The van der Waals surface area contributed by atoms with Crippen LogP contribution in [0.2, 0.25) is 0 Å². The molecule has 0 unspecified atom stereocenters. The van der Waals surface area contributed by atoms with Crippen molar-refractivity contribution in [2.75, 3.05) is 5.32 Å². The molecule has 0 atom stereocenters. The summed E-state index contributed by atoms with van der Waals surface area (Å²) in [4.78, 5) is 22.0. The van der Waals surface area contributed by atoms with Gasteiger partial charge in [-0.25, -0.2) is 0 Å². The van der Waals surface area contributed by atoms with Crippen molar-refractivity contribution >= 4 is 17.5 Å². The molecule has 0 aliphatic heterocycles. The molecule has 0 bridgehead atoms. The molecule has 1 saturated carbocycles. The zero-order valence-electron chi connectivity index (χ0n) is 12.8. The van der Waals surface area contributed by atoms with Crippen molar-refractivity contribution in [2.24, 2.45) is 5.92 Å². The van der Waals surface area contributed by atoms with E-state index in [1.165, 1.54) is 25.3 Å². The molecule has 2 rings (SSSR count). The molecule has 2 amide bonds. The first kappa shape index (κ1) is 15.5. The molecule has 0 heterocycles. The summed E-state index contributed by atoms with van der Waals surface area (Å²) in [7, 11) is 0. The molecule has 1 aliphatic carbocycles. The van der Waals surface area contributed by atoms with E-state index in [9.17, 15) is 9.59 Å². The molecule has 2 N–H and O–H groups in total. The molecule has 21 heavy (non-hydrogen) atoms. The molecule has 1 fully saturated rings. The number of rotatable bonds is 4. The maximum absolute atomic E-state index is 11.1. The number of benzene rings is 1. The summed E-state index contributed by atoms with van der Waals surface area (Å²) >= 11 is 0. The van der Waals surface area contributed by atoms with Gasteiger partial charge in [0.1, 0.15) is 0 Å². The standard InChI is InChI=1S/C17H24N2O2/c1-12(20)18-16-7-3-14(4-8-16)11-15-5-9-17(10-6-15)19-13(2)21/h3-4,7-8,15,17H,5-6,9-11H2,1-2H3,(H,18,20)(H,19,21). The lowest BCUT2D eigenvalue weighted by molar-refractivity contribution is -0.120. The first-order chi connectivity index (χ1) is 10.0. The van der Waals surface area contributed by atoms with Crippen LogP contribution in [0.1, 0.15) is 45.1 Å². The Bertz CT molecular complexity index is 488. The highest BCUT2D eigenvalue weighted by Crippen LogP contribution is 2.27. The molecule has 1 aliphatic rings. The van der Waals surface area contributed by atoms with E-state index in [2.05, 4.69) is 22.8 Å². The third-order valence-corrected chi connectivity index (χ3v) is 4.05. The van der Waals surface area contributed by atoms with Crippen LogP contribution < -0.4 is 10.6 Å². The van der Waals surface area contributed by atoms with E-state index in [1.807, 2.05) is 12.1 Å². The number of nitrogens with one attached hydrogen (secondary N) is 2. The minimum Gasteiger partial charge on any atom is -0.354 e. The highest BCUT2D eigenvalue weighted by molar-refractivity contribution is 5.88. The van der Waals surface area contributed by atoms with E-state index in [-0.39, 0.29) is 11.8 Å². The number of anilines is 1. The van der Waals surface area contributed by atoms with Gasteiger partial charge in [-0.05, 0) is 55.7 Å². The number of amides is 2. The SMILES string of the molecule is CC(=O)Nc1ccc(CC2CCC(NC(C)=O)CC2)cc1. The van der Waals surface area contributed by atoms with E-state index >= 15 is 0 Å². The number of carbonyl (C=O) groups excluding carboxylic acids is 2. The molecule has 0 radical (unpaired) electrons. The van der Waals surface area contributed by atoms with Gasteiger partial charge in [0.05, 0.1) is 0 Å². The summed E-state index contributed by atoms with van der Waals surface area (Å²) in [6, 6.07) is 8.45. The predicted molar refractivity (Wildman–Crippen MR) is 84.0 cm³/mol. The Labute approximate surface area is 126 Å². The van der Waals surface area contributed by atoms with Crippen molar-refractivity contribution in [3.05, 3.63) is 29.8 Å². The van der Waals surface area contributed by atoms with E-state index < -0.39 is 0 Å². The van der Waals surface area contributed by atoms with E-state index in [0.717, 1.165) is 24.9 Å². The van der Waals surface area contributed by atoms with Crippen LogP contribution >= 0.6 is 0 Å². The number of hydrogen-bond donors (Lipinski definition) is 2. The smallest absolute Gasteiger partial charge is 0.221 e. The lowest BCUT2D eigenvalue weighted by Crippen LogP contribution is -2.36. The van der Waals surface area contributed by atoms with Crippen molar-refractivity contribution in [1.82, 2.24) is 5.32 Å². The minimum atomic E-state index is -0.0426. The van der Waals surface area contributed by atoms with Gasteiger partial charge >= 0.3 is 0 Å². The molecule has 114 valence electrons. The lowest BCUT2D eigenvalue weighted by atomic mass is 9.82. The summed E-state index contributed by atoms with van der Waals surface area (Å²) in [6.07, 6.45) is 5.56. The average molecular weight is 288 g/mol. The Balaban J connectivity index is 1.80. The van der Waals surface area contributed by atoms with Crippen LogP contribution in [0.4, 0.5) is 5.69 Å². The zero-order valence-corrected chi connectivity index (χ0v) is 12.8. The van der Waals surface area contributed by atoms with Gasteiger partial charge in [0, 0.05) is 25.6 Å². The summed E-state index contributed by atoms with van der Waals surface area (Å²) in [6.45, 7) is 3.10. The van der Waals surface area contributed by atoms with Crippen LogP contribution in [0.5, 0.6) is 0 Å². The molecular weight excluding hydrogens is 264 g/mol. The molecule has 1 aromatic carbocycles. The van der Waals surface area contributed by atoms with Crippen LogP contribution in [-0.2, 0) is 16.0 Å². The fraction of sp³-hybridized carbons (Fsp3) is 0.529. The Morgan fingerprint density at radius 2 is 1.62 bits per heavy atom. The monoisotopic (exact) mass is 288 g/mol. The van der Waals surface area contributed by atoms with Gasteiger partial charge in [0.2, 0.25) is 11.8 Å². The second-order valence-corrected chi connectivity index (χ2v) is 6.00. The van der Waals surface area contributed by atoms with E-state index in [0.29, 0.717) is 12.0 Å². The van der Waals surface area contributed by atoms with Gasteiger partial charge in [0.15, 0.2) is 0 Å². The molecule has 0 saturated heterocycles. The predicted octanol–water partition coefficient (Wildman–Crippen LogP) is 2.88. The highest BCUT2D eigenvalue weighted by Gasteiger charge is 2.21. The average Bonchev–Trinajstić information content (AvgIpc) is 2.42. The van der Waals surface area contributed by atoms with Gasteiger partial charge < -0.3 is 10.6 Å². The molecule has 0 aromatic heterocycles. The Morgan fingerprint density at radius 1 is 1.00 bits per heavy atom. The summed E-state index contributed by atoms with van der Waals surface area (Å²) in [5, 5.41) is 5.79. The van der Waals surface area contributed by atoms with E-state index in [1.54, 1.807) is 6.92 Å². The lowest BCUT2D eigenvalue weighted by Gasteiger charge is -2.29. The Kier molecular flexibility index (Phi) is 5.37. The third-order valence-electron chi connectivity index (χ3n) is 4.05. The van der Waals surface area contributed by atoms with Crippen LogP contribution in [0.25, 0.3) is 0 Å². The third kappa shape index (κ3) is 5.21. The quantitative estimate of drug-likeness (QED) is 0.895. The molecular formula is C17H24N2O2. The van der Waals surface area contributed by atoms with Crippen LogP contribution in [0, 0.1) is 5.92 Å². The van der Waals surface area contributed by atoms with Gasteiger partial charge in [-0.15, -0.1) is 0 Å². The zero-order chi connectivity index (χ0) is 15.2. The maximum atomic E-state index is 11.1. The summed E-state index contributed by atoms with van der Waals surface area (Å²) < 4.78 is 0. The fourth-order valence-electron chi connectivity index (χ4n) is 3.06. The van der Waals surface area contributed by atoms with Gasteiger partial charge in [0.25, 0.3) is 0 Å². The second-order valence-electron chi connectivity index (χ2n) is 6.00. The van der Waals surface area contributed by atoms with Crippen LogP contribution in [-0.4, -0.2) is 17.9 Å². The topological polar surface area (TPSA) is 58.2 Å². The number of carbonyl (C=O) groups is 2. The minimum absolute atomic E-state index is 0.0426. The molecule has 1 aromatic rings. The van der Waals surface area contributed by atoms with Crippen molar-refractivity contribution in [2.45, 2.75) is 52.0 Å². The largest absolute Gasteiger partial charge is 0.354 e. The van der Waals surface area contributed by atoms with Crippen molar-refractivity contribution < 1.29 is 9.59 Å². The van der Waals surface area contributed by atoms with Gasteiger partial charge in [-0.2, -0.15) is 0 Å². The first-order valence-corrected chi connectivity index (χ1v) is 7.66. The highest BCUT2D eigenvalue weighted by atomic mass is 16.2. The normalized spacial score (nSPS) is 21.6. The molecule has 0 spiro atoms. The Hall–Kier alpha value is -1.84. The van der Waals surface area contributed by atoms with Crippen LogP contribution in [0.15, 0.2) is 24.3 Å². The Morgan fingerprint density at radius 3 is 2.14 bits per heavy atom. The van der Waals surface area contributed by atoms with Gasteiger partial charge in [-0.3, -0.25) is 9.59 Å². The first-order valence-electron chi connectivity index (χ1n) is 7.66. The molecule has 4 heteroatoms. The summed E-state index contributed by atoms with van der Waals surface area (Å²) in [5.41, 5.74) is 2.16. The van der Waals surface area contributed by atoms with E-state index in [4.69, 9.17) is 0 Å². The molecule has 4 nitrogen and oxygen atoms in total. The maximum Gasteiger partial charge on any atom is 0.221 e. The van der Waals surface area contributed by atoms with Crippen molar-refractivity contribution in [3.8, 4) is 0 Å². The van der Waals surface area contributed by atoms with Crippen LogP contribution in [0.3, 0.4) is 0 Å².